The Bertz CT molecular complexity index is 3230. The Kier molecular flexibility index (Phi) is 6.52. The summed E-state index contributed by atoms with van der Waals surface area (Å²) in [7, 11) is 0. The molecular weight excluding hydrogens is 647 g/mol. The molecule has 0 amide bonds. The molecule has 0 bridgehead atoms. The predicted molar refractivity (Wildman–Crippen MR) is 219 cm³/mol. The highest BCUT2D eigenvalue weighted by Gasteiger charge is 2.16. The van der Waals surface area contributed by atoms with Crippen LogP contribution in [0.2, 0.25) is 0 Å². The first-order chi connectivity index (χ1) is 26.2. The second-order valence-electron chi connectivity index (χ2n) is 13.6. The van der Waals surface area contributed by atoms with Crippen molar-refractivity contribution in [1.29, 1.82) is 0 Å². The molecule has 9 aromatic carbocycles. The van der Waals surface area contributed by atoms with Gasteiger partial charge in [-0.05, 0) is 78.5 Å². The summed E-state index contributed by atoms with van der Waals surface area (Å²) in [5, 5.41) is 11.9. The summed E-state index contributed by atoms with van der Waals surface area (Å²) >= 11 is 0. The van der Waals surface area contributed by atoms with Crippen molar-refractivity contribution in [3.8, 4) is 45.3 Å². The van der Waals surface area contributed by atoms with Gasteiger partial charge >= 0.3 is 0 Å². The maximum Gasteiger partial charge on any atom is 0.164 e. The van der Waals surface area contributed by atoms with E-state index in [0.717, 1.165) is 49.6 Å². The molecule has 0 atom stereocenters. The molecule has 0 aliphatic carbocycles. The molecule has 246 valence electrons. The van der Waals surface area contributed by atoms with E-state index in [9.17, 15) is 0 Å². The Morgan fingerprint density at radius 1 is 0.302 bits per heavy atom. The second kappa shape index (κ2) is 11.7. The molecule has 0 aliphatic heterocycles. The SMILES string of the molecule is c1ccc2c(-c3ccc(-c4nc(-c5ccc6c(ccc7ccc8ccccc8c76)c5)nc(-c5ccc6c(c5)oc5ccccc56)n4)cc3)cccc2c1. The standard InChI is InChI=1S/C49H29N3O/c1-3-11-38-30(8-1)10-7-14-39(38)32-17-21-34(22-18-32)47-50-48(52-49(51-47)37-25-27-43-42-13-5-6-15-44(42)53-45(43)29-37)36-24-26-41-35(28-36)23-20-33-19-16-31-9-2-4-12-40(31)46(33)41/h1-29H. The van der Waals surface area contributed by atoms with Crippen LogP contribution in [0.4, 0.5) is 0 Å². The highest BCUT2D eigenvalue weighted by molar-refractivity contribution is 6.20. The number of benzene rings is 9. The molecule has 0 aliphatic rings. The van der Waals surface area contributed by atoms with Crippen molar-refractivity contribution in [1.82, 2.24) is 15.0 Å². The minimum absolute atomic E-state index is 0.593. The number of rotatable bonds is 4. The van der Waals surface area contributed by atoms with Gasteiger partial charge in [0.15, 0.2) is 17.5 Å². The van der Waals surface area contributed by atoms with Gasteiger partial charge in [-0.25, -0.2) is 15.0 Å². The molecule has 2 aromatic heterocycles. The van der Waals surface area contributed by atoms with Crippen LogP contribution in [0.1, 0.15) is 0 Å². The van der Waals surface area contributed by atoms with Crippen LogP contribution in [0.25, 0.3) is 110 Å². The average Bonchev–Trinajstić information content (AvgIpc) is 3.61. The van der Waals surface area contributed by atoms with Crippen LogP contribution in [0.15, 0.2) is 180 Å². The lowest BCUT2D eigenvalue weighted by molar-refractivity contribution is 0.669. The first-order valence-corrected chi connectivity index (χ1v) is 17.8. The number of para-hydroxylation sites is 1. The van der Waals surface area contributed by atoms with Gasteiger partial charge in [0.2, 0.25) is 0 Å². The summed E-state index contributed by atoms with van der Waals surface area (Å²) in [5.41, 5.74) is 6.72. The lowest BCUT2D eigenvalue weighted by atomic mass is 9.95. The Morgan fingerprint density at radius 3 is 1.60 bits per heavy atom. The lowest BCUT2D eigenvalue weighted by Gasteiger charge is -2.12. The zero-order chi connectivity index (χ0) is 34.9. The van der Waals surface area contributed by atoms with E-state index in [2.05, 4.69) is 152 Å². The number of hydrogen-bond acceptors (Lipinski definition) is 4. The number of aromatic nitrogens is 3. The van der Waals surface area contributed by atoms with E-state index in [-0.39, 0.29) is 0 Å². The molecule has 0 saturated heterocycles. The van der Waals surface area contributed by atoms with E-state index >= 15 is 0 Å². The summed E-state index contributed by atoms with van der Waals surface area (Å²) in [6.45, 7) is 0. The zero-order valence-electron chi connectivity index (χ0n) is 28.5. The molecule has 4 heteroatoms. The second-order valence-corrected chi connectivity index (χ2v) is 13.6. The van der Waals surface area contributed by atoms with Crippen LogP contribution in [-0.4, -0.2) is 15.0 Å². The molecule has 0 spiro atoms. The fourth-order valence-electron chi connectivity index (χ4n) is 7.88. The van der Waals surface area contributed by atoms with E-state index in [1.807, 2.05) is 24.3 Å². The lowest BCUT2D eigenvalue weighted by Crippen LogP contribution is -2.00. The first-order valence-electron chi connectivity index (χ1n) is 17.8. The molecule has 0 radical (unpaired) electrons. The van der Waals surface area contributed by atoms with Gasteiger partial charge in [-0.3, -0.25) is 0 Å². The molecule has 53 heavy (non-hydrogen) atoms. The first kappa shape index (κ1) is 29.5. The topological polar surface area (TPSA) is 51.8 Å². The molecule has 11 rings (SSSR count). The minimum atomic E-state index is 0.593. The minimum Gasteiger partial charge on any atom is -0.456 e. The molecule has 0 fully saturated rings. The van der Waals surface area contributed by atoms with E-state index < -0.39 is 0 Å². The van der Waals surface area contributed by atoms with Crippen LogP contribution < -0.4 is 0 Å². The Labute approximate surface area is 304 Å². The maximum atomic E-state index is 6.27. The van der Waals surface area contributed by atoms with Crippen molar-refractivity contribution in [3.63, 3.8) is 0 Å². The number of fused-ring (bicyclic) bond motifs is 9. The number of furan rings is 1. The van der Waals surface area contributed by atoms with Crippen LogP contribution in [0, 0.1) is 0 Å². The van der Waals surface area contributed by atoms with E-state index in [4.69, 9.17) is 19.4 Å². The Balaban J connectivity index is 1.08. The van der Waals surface area contributed by atoms with Crippen molar-refractivity contribution >= 4 is 65.0 Å². The zero-order valence-corrected chi connectivity index (χ0v) is 28.5. The molecule has 4 nitrogen and oxygen atoms in total. The Hall–Kier alpha value is -7.17. The van der Waals surface area contributed by atoms with Crippen molar-refractivity contribution in [3.05, 3.63) is 176 Å². The van der Waals surface area contributed by atoms with Gasteiger partial charge in [-0.15, -0.1) is 0 Å². The van der Waals surface area contributed by atoms with Gasteiger partial charge in [0.1, 0.15) is 11.2 Å². The number of nitrogens with zero attached hydrogens (tertiary/aromatic N) is 3. The molecule has 11 aromatic rings. The highest BCUT2D eigenvalue weighted by atomic mass is 16.3. The Morgan fingerprint density at radius 2 is 0.811 bits per heavy atom. The van der Waals surface area contributed by atoms with Gasteiger partial charge in [0.05, 0.1) is 0 Å². The normalized spacial score (nSPS) is 11.8. The number of hydrogen-bond donors (Lipinski definition) is 0. The van der Waals surface area contributed by atoms with Crippen LogP contribution >= 0.6 is 0 Å². The van der Waals surface area contributed by atoms with Gasteiger partial charge in [-0.1, -0.05) is 152 Å². The third-order valence-electron chi connectivity index (χ3n) is 10.5. The van der Waals surface area contributed by atoms with E-state index in [1.165, 1.54) is 43.3 Å². The van der Waals surface area contributed by atoms with Crippen LogP contribution in [-0.2, 0) is 0 Å². The molecular formula is C49H29N3O. The predicted octanol–water partition coefficient (Wildman–Crippen LogP) is 13.1. The van der Waals surface area contributed by atoms with Crippen molar-refractivity contribution < 1.29 is 4.42 Å². The van der Waals surface area contributed by atoms with Crippen molar-refractivity contribution in [2.45, 2.75) is 0 Å². The quantitative estimate of drug-likeness (QED) is 0.174. The van der Waals surface area contributed by atoms with Crippen LogP contribution in [0.5, 0.6) is 0 Å². The third kappa shape index (κ3) is 4.88. The highest BCUT2D eigenvalue weighted by Crippen LogP contribution is 2.36. The van der Waals surface area contributed by atoms with Crippen LogP contribution in [0.3, 0.4) is 0 Å². The fourth-order valence-corrected chi connectivity index (χ4v) is 7.88. The van der Waals surface area contributed by atoms with Gasteiger partial charge in [0, 0.05) is 27.5 Å². The van der Waals surface area contributed by atoms with Gasteiger partial charge < -0.3 is 4.42 Å². The summed E-state index contributed by atoms with van der Waals surface area (Å²) in [6, 6.07) is 61.8. The van der Waals surface area contributed by atoms with Crippen molar-refractivity contribution in [2.24, 2.45) is 0 Å². The third-order valence-corrected chi connectivity index (χ3v) is 10.5. The van der Waals surface area contributed by atoms with E-state index in [1.54, 1.807) is 0 Å². The molecule has 0 N–H and O–H groups in total. The summed E-state index contributed by atoms with van der Waals surface area (Å²) in [4.78, 5) is 15.3. The fraction of sp³-hybridized carbons (Fsp3) is 0. The molecule has 0 unspecified atom stereocenters. The monoisotopic (exact) mass is 675 g/mol. The average molecular weight is 676 g/mol. The largest absolute Gasteiger partial charge is 0.456 e. The van der Waals surface area contributed by atoms with E-state index in [0.29, 0.717) is 17.5 Å². The van der Waals surface area contributed by atoms with Crippen molar-refractivity contribution in [2.75, 3.05) is 0 Å². The summed E-state index contributed by atoms with van der Waals surface area (Å²) in [6.07, 6.45) is 0. The maximum absolute atomic E-state index is 6.27. The summed E-state index contributed by atoms with van der Waals surface area (Å²) in [5.74, 6) is 1.83. The van der Waals surface area contributed by atoms with Gasteiger partial charge in [0.25, 0.3) is 0 Å². The molecule has 0 saturated carbocycles. The van der Waals surface area contributed by atoms with Gasteiger partial charge in [-0.2, -0.15) is 0 Å². The smallest absolute Gasteiger partial charge is 0.164 e. The molecule has 2 heterocycles. The summed E-state index contributed by atoms with van der Waals surface area (Å²) < 4.78 is 6.27.